The van der Waals surface area contributed by atoms with Gasteiger partial charge >= 0.3 is 5.51 Å². The van der Waals surface area contributed by atoms with Crippen LogP contribution in [0.1, 0.15) is 0 Å². The number of piperazine rings is 1. The number of rotatable bonds is 4. The molecule has 0 spiro atoms. The van der Waals surface area contributed by atoms with Gasteiger partial charge in [0, 0.05) is 38.4 Å². The molecule has 1 aromatic heterocycles. The standard InChI is InChI=1S/C16H14ClF3N4O4S/c17-12-2-1-5-21-15(12)23-8-6-22(7-9-23)13-4-3-11(10-14(13)24(25)26)29(27,28)16(18,19)20/h1-5,10H,6-9H2. The Morgan fingerprint density at radius 2 is 1.72 bits per heavy atom. The van der Waals surface area contributed by atoms with Gasteiger partial charge in [0.25, 0.3) is 15.5 Å². The number of alkyl halides is 3. The summed E-state index contributed by atoms with van der Waals surface area (Å²) in [6.45, 7) is 1.44. The SMILES string of the molecule is O=[N+]([O-])c1cc(S(=O)(=O)C(F)(F)F)ccc1N1CCN(c2ncccc2Cl)CC1. The van der Waals surface area contributed by atoms with E-state index in [2.05, 4.69) is 4.98 Å². The highest BCUT2D eigenvalue weighted by Crippen LogP contribution is 2.36. The Bertz CT molecular complexity index is 1040. The zero-order valence-electron chi connectivity index (χ0n) is 14.6. The molecule has 1 aliphatic heterocycles. The van der Waals surface area contributed by atoms with Crippen LogP contribution in [0.15, 0.2) is 41.4 Å². The Kier molecular flexibility index (Phi) is 5.59. The summed E-state index contributed by atoms with van der Waals surface area (Å²) >= 11 is 6.12. The summed E-state index contributed by atoms with van der Waals surface area (Å²) in [7, 11) is -5.68. The van der Waals surface area contributed by atoms with E-state index in [0.717, 1.165) is 12.1 Å². The van der Waals surface area contributed by atoms with Crippen molar-refractivity contribution in [2.75, 3.05) is 36.0 Å². The molecule has 8 nitrogen and oxygen atoms in total. The third kappa shape index (κ3) is 4.08. The summed E-state index contributed by atoms with van der Waals surface area (Å²) in [6, 6.07) is 5.57. The molecular weight excluding hydrogens is 437 g/mol. The van der Waals surface area contributed by atoms with Gasteiger partial charge in [-0.3, -0.25) is 10.1 Å². The van der Waals surface area contributed by atoms with Crippen molar-refractivity contribution in [3.8, 4) is 0 Å². The van der Waals surface area contributed by atoms with Gasteiger partial charge in [0.1, 0.15) is 11.5 Å². The average Bonchev–Trinajstić information content (AvgIpc) is 2.67. The monoisotopic (exact) mass is 450 g/mol. The molecular formula is C16H14ClF3N4O4S. The lowest BCUT2D eigenvalue weighted by molar-refractivity contribution is -0.384. The fourth-order valence-corrected chi connectivity index (χ4v) is 4.01. The zero-order valence-corrected chi connectivity index (χ0v) is 16.2. The molecule has 0 aliphatic carbocycles. The number of nitro groups is 1. The van der Waals surface area contributed by atoms with Crippen molar-refractivity contribution in [1.29, 1.82) is 0 Å². The van der Waals surface area contributed by atoms with Crippen molar-refractivity contribution in [2.45, 2.75) is 10.4 Å². The predicted octanol–water partition coefficient (Wildman–Crippen LogP) is 3.26. The summed E-state index contributed by atoms with van der Waals surface area (Å²) in [5, 5.41) is 11.8. The average molecular weight is 451 g/mol. The van der Waals surface area contributed by atoms with Crippen molar-refractivity contribution >= 4 is 38.6 Å². The summed E-state index contributed by atoms with van der Waals surface area (Å²) in [5.74, 6) is 0.565. The van der Waals surface area contributed by atoms with Crippen molar-refractivity contribution < 1.29 is 26.5 Å². The maximum Gasteiger partial charge on any atom is 0.501 e. The molecule has 0 atom stereocenters. The maximum absolute atomic E-state index is 12.8. The number of nitrogens with zero attached hydrogens (tertiary/aromatic N) is 4. The fourth-order valence-electron chi connectivity index (χ4n) is 2.99. The molecule has 1 saturated heterocycles. The number of sulfone groups is 1. The first-order valence-corrected chi connectivity index (χ1v) is 10.1. The van der Waals surface area contributed by atoms with Gasteiger partial charge in [0.05, 0.1) is 14.8 Å². The molecule has 3 rings (SSSR count). The molecule has 1 aliphatic rings. The number of hydrogen-bond donors (Lipinski definition) is 0. The quantitative estimate of drug-likeness (QED) is 0.521. The van der Waals surface area contributed by atoms with E-state index in [1.54, 1.807) is 23.2 Å². The first-order chi connectivity index (χ1) is 13.5. The maximum atomic E-state index is 12.8. The number of nitro benzene ring substituents is 1. The van der Waals surface area contributed by atoms with E-state index < -0.39 is 30.9 Å². The number of benzene rings is 1. The minimum absolute atomic E-state index is 0.0443. The molecule has 0 N–H and O–H groups in total. The predicted molar refractivity (Wildman–Crippen MR) is 100 cm³/mol. The van der Waals surface area contributed by atoms with Gasteiger partial charge in [-0.05, 0) is 24.3 Å². The van der Waals surface area contributed by atoms with Gasteiger partial charge < -0.3 is 9.80 Å². The summed E-state index contributed by atoms with van der Waals surface area (Å²) in [5.41, 5.74) is -6.21. The van der Waals surface area contributed by atoms with Crippen LogP contribution in [0.4, 0.5) is 30.4 Å². The van der Waals surface area contributed by atoms with Gasteiger partial charge in [0.15, 0.2) is 0 Å². The van der Waals surface area contributed by atoms with E-state index in [1.165, 1.54) is 0 Å². The first kappa shape index (κ1) is 21.1. The lowest BCUT2D eigenvalue weighted by atomic mass is 10.2. The van der Waals surface area contributed by atoms with E-state index >= 15 is 0 Å². The Morgan fingerprint density at radius 1 is 1.10 bits per heavy atom. The Balaban J connectivity index is 1.87. The number of aromatic nitrogens is 1. The second-order valence-corrected chi connectivity index (χ2v) is 8.49. The lowest BCUT2D eigenvalue weighted by Gasteiger charge is -2.36. The molecule has 29 heavy (non-hydrogen) atoms. The summed E-state index contributed by atoms with van der Waals surface area (Å²) in [6.07, 6.45) is 1.58. The molecule has 156 valence electrons. The van der Waals surface area contributed by atoms with E-state index in [4.69, 9.17) is 11.6 Å². The largest absolute Gasteiger partial charge is 0.501 e. The van der Waals surface area contributed by atoms with Gasteiger partial charge in [0.2, 0.25) is 0 Å². The van der Waals surface area contributed by atoms with Gasteiger partial charge in [-0.2, -0.15) is 13.2 Å². The van der Waals surface area contributed by atoms with Crippen LogP contribution in [0.2, 0.25) is 5.02 Å². The van der Waals surface area contributed by atoms with Crippen LogP contribution in [-0.4, -0.2) is 50.0 Å². The smallest absolute Gasteiger partial charge is 0.362 e. The van der Waals surface area contributed by atoms with Crippen LogP contribution >= 0.6 is 11.6 Å². The Labute approximate surface area is 168 Å². The molecule has 0 radical (unpaired) electrons. The molecule has 13 heteroatoms. The molecule has 2 heterocycles. The van der Waals surface area contributed by atoms with E-state index in [-0.39, 0.29) is 5.69 Å². The zero-order chi connectivity index (χ0) is 21.4. The molecule has 1 aromatic carbocycles. The molecule has 0 amide bonds. The second-order valence-electron chi connectivity index (χ2n) is 6.14. The third-order valence-electron chi connectivity index (χ3n) is 4.42. The van der Waals surface area contributed by atoms with Crippen LogP contribution in [-0.2, 0) is 9.84 Å². The summed E-state index contributed by atoms with van der Waals surface area (Å²) in [4.78, 5) is 17.0. The molecule has 1 fully saturated rings. The lowest BCUT2D eigenvalue weighted by Crippen LogP contribution is -2.47. The number of pyridine rings is 1. The first-order valence-electron chi connectivity index (χ1n) is 8.22. The van der Waals surface area contributed by atoms with Crippen molar-refractivity contribution in [2.24, 2.45) is 0 Å². The number of hydrogen-bond acceptors (Lipinski definition) is 7. The topological polar surface area (TPSA) is 96.6 Å². The molecule has 0 bridgehead atoms. The highest BCUT2D eigenvalue weighted by molar-refractivity contribution is 7.92. The van der Waals surface area contributed by atoms with E-state index in [0.29, 0.717) is 43.1 Å². The van der Waals surface area contributed by atoms with Crippen molar-refractivity contribution in [3.63, 3.8) is 0 Å². The third-order valence-corrected chi connectivity index (χ3v) is 6.20. The normalized spacial score (nSPS) is 15.4. The minimum Gasteiger partial charge on any atom is -0.362 e. The Hall–Kier alpha value is -2.60. The van der Waals surface area contributed by atoms with Gasteiger partial charge in [-0.1, -0.05) is 11.6 Å². The minimum atomic E-state index is -5.68. The van der Waals surface area contributed by atoms with Crippen LogP contribution < -0.4 is 9.80 Å². The highest BCUT2D eigenvalue weighted by Gasteiger charge is 2.47. The Morgan fingerprint density at radius 3 is 2.28 bits per heavy atom. The van der Waals surface area contributed by atoms with Crippen molar-refractivity contribution in [1.82, 2.24) is 4.98 Å². The molecule has 0 saturated carbocycles. The second kappa shape index (κ2) is 7.67. The summed E-state index contributed by atoms with van der Waals surface area (Å²) < 4.78 is 61.4. The van der Waals surface area contributed by atoms with Crippen LogP contribution in [0.25, 0.3) is 0 Å². The van der Waals surface area contributed by atoms with E-state index in [1.807, 2.05) is 4.90 Å². The van der Waals surface area contributed by atoms with Crippen LogP contribution in [0, 0.1) is 10.1 Å². The van der Waals surface area contributed by atoms with Crippen LogP contribution in [0.3, 0.4) is 0 Å². The van der Waals surface area contributed by atoms with Gasteiger partial charge in [-0.25, -0.2) is 13.4 Å². The molecule has 0 unspecified atom stereocenters. The number of halogens is 4. The fraction of sp³-hybridized carbons (Fsp3) is 0.312. The van der Waals surface area contributed by atoms with Crippen LogP contribution in [0.5, 0.6) is 0 Å². The van der Waals surface area contributed by atoms with Crippen molar-refractivity contribution in [3.05, 3.63) is 51.7 Å². The van der Waals surface area contributed by atoms with Gasteiger partial charge in [-0.15, -0.1) is 0 Å². The highest BCUT2D eigenvalue weighted by atomic mass is 35.5. The van der Waals surface area contributed by atoms with E-state index in [9.17, 15) is 31.7 Å². The number of anilines is 2. The molecule has 2 aromatic rings.